The third-order valence-electron chi connectivity index (χ3n) is 3.62. The van der Waals surface area contributed by atoms with Crippen molar-refractivity contribution in [1.29, 1.82) is 0 Å². The van der Waals surface area contributed by atoms with E-state index in [0.717, 1.165) is 36.8 Å². The van der Waals surface area contributed by atoms with Crippen LogP contribution < -0.4 is 10.1 Å². The number of ether oxygens (including phenoxy) is 2. The monoisotopic (exact) mass is 283 g/mol. The third kappa shape index (κ3) is 4.23. The van der Waals surface area contributed by atoms with Crippen LogP contribution in [-0.2, 0) is 4.74 Å². The molecule has 0 radical (unpaired) electrons. The van der Waals surface area contributed by atoms with Crippen molar-refractivity contribution in [1.82, 2.24) is 0 Å². The minimum Gasteiger partial charge on any atom is -0.457 e. The fraction of sp³-hybridized carbons (Fsp3) is 0.333. The average molecular weight is 283 g/mol. The summed E-state index contributed by atoms with van der Waals surface area (Å²) in [5.74, 6) is 1.70. The highest BCUT2D eigenvalue weighted by Crippen LogP contribution is 2.24. The van der Waals surface area contributed by atoms with Gasteiger partial charge in [0.15, 0.2) is 0 Å². The Morgan fingerprint density at radius 3 is 2.67 bits per heavy atom. The van der Waals surface area contributed by atoms with Gasteiger partial charge in [0.25, 0.3) is 0 Å². The minimum absolute atomic E-state index is 0.331. The molecule has 2 aromatic carbocycles. The minimum atomic E-state index is 0.331. The molecule has 3 nitrogen and oxygen atoms in total. The number of hydrogen-bond acceptors (Lipinski definition) is 3. The molecule has 0 amide bonds. The topological polar surface area (TPSA) is 30.5 Å². The fourth-order valence-electron chi connectivity index (χ4n) is 2.49. The molecule has 1 N–H and O–H groups in total. The maximum Gasteiger partial charge on any atom is 0.129 e. The molecule has 1 fully saturated rings. The molecule has 0 spiro atoms. The van der Waals surface area contributed by atoms with Crippen molar-refractivity contribution in [2.45, 2.75) is 25.4 Å². The summed E-state index contributed by atoms with van der Waals surface area (Å²) >= 11 is 0. The summed E-state index contributed by atoms with van der Waals surface area (Å²) in [5, 5.41) is 3.44. The van der Waals surface area contributed by atoms with E-state index >= 15 is 0 Å². The SMILES string of the molecule is c1ccc(Oc2cccc(NCC3CCCCO3)c2)cc1. The highest BCUT2D eigenvalue weighted by atomic mass is 16.5. The first-order valence-electron chi connectivity index (χ1n) is 7.58. The molecule has 3 rings (SSSR count). The maximum absolute atomic E-state index is 5.84. The van der Waals surface area contributed by atoms with Crippen LogP contribution >= 0.6 is 0 Å². The van der Waals surface area contributed by atoms with Crippen LogP contribution in [0.3, 0.4) is 0 Å². The molecule has 1 unspecified atom stereocenters. The van der Waals surface area contributed by atoms with Crippen molar-refractivity contribution < 1.29 is 9.47 Å². The number of benzene rings is 2. The van der Waals surface area contributed by atoms with Gasteiger partial charge in [-0.05, 0) is 43.5 Å². The van der Waals surface area contributed by atoms with E-state index in [1.165, 1.54) is 12.8 Å². The van der Waals surface area contributed by atoms with Crippen molar-refractivity contribution in [2.24, 2.45) is 0 Å². The Bertz CT molecular complexity index is 550. The highest BCUT2D eigenvalue weighted by Gasteiger charge is 2.13. The van der Waals surface area contributed by atoms with Gasteiger partial charge < -0.3 is 14.8 Å². The lowest BCUT2D eigenvalue weighted by atomic mass is 10.1. The maximum atomic E-state index is 5.84. The average Bonchev–Trinajstić information content (AvgIpc) is 2.55. The van der Waals surface area contributed by atoms with Crippen LogP contribution in [-0.4, -0.2) is 19.3 Å². The van der Waals surface area contributed by atoms with Crippen molar-refractivity contribution in [3.63, 3.8) is 0 Å². The van der Waals surface area contributed by atoms with Gasteiger partial charge in [-0.15, -0.1) is 0 Å². The second kappa shape index (κ2) is 7.14. The molecule has 110 valence electrons. The predicted molar refractivity (Wildman–Crippen MR) is 85.0 cm³/mol. The van der Waals surface area contributed by atoms with Gasteiger partial charge >= 0.3 is 0 Å². The molecular weight excluding hydrogens is 262 g/mol. The summed E-state index contributed by atoms with van der Waals surface area (Å²) in [6.45, 7) is 1.75. The summed E-state index contributed by atoms with van der Waals surface area (Å²) in [4.78, 5) is 0. The second-order valence-electron chi connectivity index (χ2n) is 5.31. The summed E-state index contributed by atoms with van der Waals surface area (Å²) in [5.41, 5.74) is 1.07. The molecule has 0 saturated carbocycles. The molecule has 21 heavy (non-hydrogen) atoms. The Kier molecular flexibility index (Phi) is 4.74. The molecule has 1 saturated heterocycles. The smallest absolute Gasteiger partial charge is 0.129 e. The third-order valence-corrected chi connectivity index (χ3v) is 3.62. The van der Waals surface area contributed by atoms with E-state index in [4.69, 9.17) is 9.47 Å². The van der Waals surface area contributed by atoms with E-state index in [1.807, 2.05) is 48.5 Å². The van der Waals surface area contributed by atoms with Crippen molar-refractivity contribution in [3.8, 4) is 11.5 Å². The number of rotatable bonds is 5. The van der Waals surface area contributed by atoms with E-state index in [9.17, 15) is 0 Å². The number of anilines is 1. The normalized spacial score (nSPS) is 18.2. The van der Waals surface area contributed by atoms with Crippen LogP contribution in [0.1, 0.15) is 19.3 Å². The fourth-order valence-corrected chi connectivity index (χ4v) is 2.49. The van der Waals surface area contributed by atoms with Crippen molar-refractivity contribution >= 4 is 5.69 Å². The van der Waals surface area contributed by atoms with E-state index < -0.39 is 0 Å². The Balaban J connectivity index is 1.57. The van der Waals surface area contributed by atoms with E-state index in [0.29, 0.717) is 6.10 Å². The van der Waals surface area contributed by atoms with Crippen LogP contribution in [0.2, 0.25) is 0 Å². The zero-order valence-electron chi connectivity index (χ0n) is 12.1. The Morgan fingerprint density at radius 1 is 1.00 bits per heavy atom. The first-order chi connectivity index (χ1) is 10.4. The second-order valence-corrected chi connectivity index (χ2v) is 5.31. The molecule has 0 aliphatic carbocycles. The van der Waals surface area contributed by atoms with Gasteiger partial charge in [-0.25, -0.2) is 0 Å². The summed E-state index contributed by atoms with van der Waals surface area (Å²) in [7, 11) is 0. The Hall–Kier alpha value is -2.00. The summed E-state index contributed by atoms with van der Waals surface area (Å²) < 4.78 is 11.6. The summed E-state index contributed by atoms with van der Waals surface area (Å²) in [6, 6.07) is 17.9. The molecule has 1 aliphatic rings. The molecule has 1 heterocycles. The molecule has 0 bridgehead atoms. The lowest BCUT2D eigenvalue weighted by Crippen LogP contribution is -2.26. The van der Waals surface area contributed by atoms with Gasteiger partial charge in [0.05, 0.1) is 6.10 Å². The molecule has 3 heteroatoms. The quantitative estimate of drug-likeness (QED) is 0.878. The van der Waals surface area contributed by atoms with Gasteiger partial charge in [-0.2, -0.15) is 0 Å². The number of hydrogen-bond donors (Lipinski definition) is 1. The molecule has 1 aliphatic heterocycles. The first-order valence-corrected chi connectivity index (χ1v) is 7.58. The molecule has 0 aromatic heterocycles. The zero-order valence-corrected chi connectivity index (χ0v) is 12.1. The molecule has 2 aromatic rings. The van der Waals surface area contributed by atoms with E-state index in [-0.39, 0.29) is 0 Å². The van der Waals surface area contributed by atoms with E-state index in [1.54, 1.807) is 0 Å². The number of nitrogens with one attached hydrogen (secondary N) is 1. The van der Waals surface area contributed by atoms with Crippen molar-refractivity contribution in [2.75, 3.05) is 18.5 Å². The van der Waals surface area contributed by atoms with Gasteiger partial charge in [0.1, 0.15) is 11.5 Å². The predicted octanol–water partition coefficient (Wildman–Crippen LogP) is 4.46. The van der Waals surface area contributed by atoms with Crippen LogP contribution in [0.25, 0.3) is 0 Å². The zero-order chi connectivity index (χ0) is 14.3. The highest BCUT2D eigenvalue weighted by molar-refractivity contribution is 5.49. The Morgan fingerprint density at radius 2 is 1.86 bits per heavy atom. The van der Waals surface area contributed by atoms with Crippen LogP contribution in [0, 0.1) is 0 Å². The van der Waals surface area contributed by atoms with Crippen LogP contribution in [0.4, 0.5) is 5.69 Å². The molecular formula is C18H21NO2. The number of para-hydroxylation sites is 1. The Labute approximate surface area is 125 Å². The van der Waals surface area contributed by atoms with Gasteiger partial charge in [0.2, 0.25) is 0 Å². The lowest BCUT2D eigenvalue weighted by Gasteiger charge is -2.23. The van der Waals surface area contributed by atoms with E-state index in [2.05, 4.69) is 11.4 Å². The van der Waals surface area contributed by atoms with Crippen LogP contribution in [0.15, 0.2) is 54.6 Å². The van der Waals surface area contributed by atoms with Gasteiger partial charge in [-0.3, -0.25) is 0 Å². The lowest BCUT2D eigenvalue weighted by molar-refractivity contribution is 0.0247. The standard InChI is InChI=1S/C18H21NO2/c1-2-8-16(9-3-1)21-17-11-6-7-15(13-17)19-14-18-10-4-5-12-20-18/h1-3,6-9,11,13,18-19H,4-5,10,12,14H2. The largest absolute Gasteiger partial charge is 0.457 e. The molecule has 1 atom stereocenters. The van der Waals surface area contributed by atoms with Crippen molar-refractivity contribution in [3.05, 3.63) is 54.6 Å². The van der Waals surface area contributed by atoms with Gasteiger partial charge in [-0.1, -0.05) is 24.3 Å². The van der Waals surface area contributed by atoms with Gasteiger partial charge in [0, 0.05) is 24.9 Å². The van der Waals surface area contributed by atoms with Crippen LogP contribution in [0.5, 0.6) is 11.5 Å². The first kappa shape index (κ1) is 14.0. The summed E-state index contributed by atoms with van der Waals surface area (Å²) in [6.07, 6.45) is 3.94.